The predicted octanol–water partition coefficient (Wildman–Crippen LogP) is 4.27. The molecule has 35 heavy (non-hydrogen) atoms. The quantitative estimate of drug-likeness (QED) is 0.450. The van der Waals surface area contributed by atoms with Gasteiger partial charge in [0.1, 0.15) is 11.5 Å². The molecule has 2 aliphatic heterocycles. The number of hydrogen-bond acceptors (Lipinski definition) is 5. The van der Waals surface area contributed by atoms with Gasteiger partial charge in [0.25, 0.3) is 0 Å². The van der Waals surface area contributed by atoms with Crippen molar-refractivity contribution in [2.45, 2.75) is 30.3 Å². The molecule has 0 spiro atoms. The lowest BCUT2D eigenvalue weighted by atomic mass is 10.2. The smallest absolute Gasteiger partial charge is 0.248 e. The molecule has 0 radical (unpaired) electrons. The van der Waals surface area contributed by atoms with Crippen LogP contribution >= 0.6 is 39.1 Å². The number of carbonyl (C=O) groups is 1. The van der Waals surface area contributed by atoms with E-state index in [1.807, 2.05) is 17.0 Å². The van der Waals surface area contributed by atoms with Crippen LogP contribution in [-0.2, 0) is 26.1 Å². The molecule has 2 aromatic carbocycles. The van der Waals surface area contributed by atoms with E-state index in [9.17, 15) is 13.2 Å². The van der Waals surface area contributed by atoms with Gasteiger partial charge in [0, 0.05) is 49.8 Å². The zero-order valence-corrected chi connectivity index (χ0v) is 23.1. The number of carbonyl (C=O) groups excluding carboxylic acids is 1. The SMILES string of the molecule is O=C(COCC1CCCN1S(=O)(=O)c1c(Cl)cccc1Cl)N1CCN(Cc2ccc(Br)cc2)CC1. The molecule has 0 saturated carbocycles. The Morgan fingerprint density at radius 2 is 1.66 bits per heavy atom. The number of hydrogen-bond donors (Lipinski definition) is 0. The molecule has 2 heterocycles. The summed E-state index contributed by atoms with van der Waals surface area (Å²) in [7, 11) is -3.87. The van der Waals surface area contributed by atoms with Crippen molar-refractivity contribution in [3.8, 4) is 0 Å². The highest BCUT2D eigenvalue weighted by atomic mass is 79.9. The summed E-state index contributed by atoms with van der Waals surface area (Å²) in [6.45, 7) is 4.20. The van der Waals surface area contributed by atoms with E-state index in [1.165, 1.54) is 22.0 Å². The van der Waals surface area contributed by atoms with E-state index in [2.05, 4.69) is 33.0 Å². The van der Waals surface area contributed by atoms with Crippen molar-refractivity contribution in [1.82, 2.24) is 14.1 Å². The molecule has 2 saturated heterocycles. The Morgan fingerprint density at radius 1 is 1.00 bits per heavy atom. The van der Waals surface area contributed by atoms with Crippen molar-refractivity contribution < 1.29 is 17.9 Å². The molecular weight excluding hydrogens is 577 g/mol. The molecule has 1 amide bonds. The number of rotatable bonds is 8. The van der Waals surface area contributed by atoms with Gasteiger partial charge in [-0.15, -0.1) is 0 Å². The van der Waals surface area contributed by atoms with Gasteiger partial charge in [0.15, 0.2) is 0 Å². The first kappa shape index (κ1) is 26.9. The topological polar surface area (TPSA) is 70.2 Å². The molecule has 1 atom stereocenters. The minimum atomic E-state index is -3.87. The first-order chi connectivity index (χ1) is 16.8. The second-order valence-electron chi connectivity index (χ2n) is 8.76. The third-order valence-electron chi connectivity index (χ3n) is 6.39. The molecule has 7 nitrogen and oxygen atoms in total. The van der Waals surface area contributed by atoms with Gasteiger partial charge < -0.3 is 9.64 Å². The molecule has 0 N–H and O–H groups in total. The lowest BCUT2D eigenvalue weighted by Gasteiger charge is -2.34. The number of halogens is 3. The fraction of sp³-hybridized carbons (Fsp3) is 0.458. The van der Waals surface area contributed by atoms with E-state index >= 15 is 0 Å². The molecule has 2 aliphatic rings. The largest absolute Gasteiger partial charge is 0.370 e. The van der Waals surface area contributed by atoms with Crippen LogP contribution in [0.2, 0.25) is 10.0 Å². The van der Waals surface area contributed by atoms with Crippen LogP contribution in [0, 0.1) is 0 Å². The maximum Gasteiger partial charge on any atom is 0.248 e. The molecule has 190 valence electrons. The third kappa shape index (κ3) is 6.57. The van der Waals surface area contributed by atoms with Gasteiger partial charge in [-0.25, -0.2) is 8.42 Å². The lowest BCUT2D eigenvalue weighted by Crippen LogP contribution is -2.49. The third-order valence-corrected chi connectivity index (χ3v) is 9.83. The molecule has 1 unspecified atom stereocenters. The number of benzene rings is 2. The van der Waals surface area contributed by atoms with Crippen LogP contribution < -0.4 is 0 Å². The normalized spacial score (nSPS) is 19.9. The summed E-state index contributed by atoms with van der Waals surface area (Å²) in [6, 6.07) is 12.5. The van der Waals surface area contributed by atoms with Crippen molar-refractivity contribution >= 4 is 55.1 Å². The second kappa shape index (κ2) is 11.9. The Bertz CT molecular complexity index is 1120. The monoisotopic (exact) mass is 603 g/mol. The Hall–Kier alpha value is -1.20. The standard InChI is InChI=1S/C24H28BrCl2N3O4S/c25-19-8-6-18(7-9-19)15-28-11-13-29(14-12-28)23(31)17-34-16-20-3-2-10-30(20)35(32,33)24-21(26)4-1-5-22(24)27/h1,4-9,20H,2-3,10-17H2. The van der Waals surface area contributed by atoms with Crippen molar-refractivity contribution in [2.75, 3.05) is 45.9 Å². The highest BCUT2D eigenvalue weighted by Gasteiger charge is 2.37. The van der Waals surface area contributed by atoms with Crippen molar-refractivity contribution in [3.05, 3.63) is 62.5 Å². The summed E-state index contributed by atoms with van der Waals surface area (Å²) < 4.78 is 34.6. The van der Waals surface area contributed by atoms with Crippen LogP contribution in [0.3, 0.4) is 0 Å². The van der Waals surface area contributed by atoms with Crippen LogP contribution in [0.5, 0.6) is 0 Å². The van der Waals surface area contributed by atoms with E-state index in [0.29, 0.717) is 32.5 Å². The fourth-order valence-electron chi connectivity index (χ4n) is 4.52. The molecule has 2 aromatic rings. The van der Waals surface area contributed by atoms with Gasteiger partial charge in [-0.3, -0.25) is 9.69 Å². The summed E-state index contributed by atoms with van der Waals surface area (Å²) in [5.41, 5.74) is 1.24. The maximum atomic E-state index is 13.2. The number of sulfonamides is 1. The lowest BCUT2D eigenvalue weighted by molar-refractivity contribution is -0.138. The summed E-state index contributed by atoms with van der Waals surface area (Å²) in [5, 5.41) is 0.192. The van der Waals surface area contributed by atoms with Crippen LogP contribution in [0.4, 0.5) is 0 Å². The highest BCUT2D eigenvalue weighted by molar-refractivity contribution is 9.10. The predicted molar refractivity (Wildman–Crippen MR) is 140 cm³/mol. The minimum Gasteiger partial charge on any atom is -0.370 e. The van der Waals surface area contributed by atoms with Crippen molar-refractivity contribution in [2.24, 2.45) is 0 Å². The van der Waals surface area contributed by atoms with Crippen LogP contribution in [0.15, 0.2) is 51.8 Å². The molecule has 0 aliphatic carbocycles. The van der Waals surface area contributed by atoms with Gasteiger partial charge >= 0.3 is 0 Å². The Kier molecular flexibility index (Phi) is 9.13. The zero-order chi connectivity index (χ0) is 25.0. The zero-order valence-electron chi connectivity index (χ0n) is 19.2. The van der Waals surface area contributed by atoms with Gasteiger partial charge in [-0.05, 0) is 42.7 Å². The Labute approximate surface area is 225 Å². The molecule has 4 rings (SSSR count). The first-order valence-corrected chi connectivity index (χ1v) is 14.5. The van der Waals surface area contributed by atoms with Gasteiger partial charge in [0.2, 0.25) is 15.9 Å². The van der Waals surface area contributed by atoms with Gasteiger partial charge in [-0.1, -0.05) is 57.3 Å². The van der Waals surface area contributed by atoms with Crippen LogP contribution in [0.1, 0.15) is 18.4 Å². The van der Waals surface area contributed by atoms with Gasteiger partial charge in [0.05, 0.1) is 16.7 Å². The Balaban J connectivity index is 1.25. The number of ether oxygens (including phenoxy) is 1. The average Bonchev–Trinajstić information content (AvgIpc) is 3.30. The first-order valence-electron chi connectivity index (χ1n) is 11.5. The maximum absolute atomic E-state index is 13.2. The minimum absolute atomic E-state index is 0.0655. The van der Waals surface area contributed by atoms with E-state index in [1.54, 1.807) is 6.07 Å². The summed E-state index contributed by atoms with van der Waals surface area (Å²) in [6.07, 6.45) is 1.37. The number of piperazine rings is 1. The van der Waals surface area contributed by atoms with Crippen LogP contribution in [0.25, 0.3) is 0 Å². The summed E-state index contributed by atoms with van der Waals surface area (Å²) in [4.78, 5) is 16.7. The molecule has 11 heteroatoms. The molecular formula is C24H28BrCl2N3O4S. The molecule has 0 aromatic heterocycles. The highest BCUT2D eigenvalue weighted by Crippen LogP contribution is 2.34. The van der Waals surface area contributed by atoms with Crippen molar-refractivity contribution in [1.29, 1.82) is 0 Å². The van der Waals surface area contributed by atoms with E-state index in [0.717, 1.165) is 24.1 Å². The van der Waals surface area contributed by atoms with Crippen LogP contribution in [-0.4, -0.2) is 80.4 Å². The summed E-state index contributed by atoms with van der Waals surface area (Å²) in [5.74, 6) is -0.0742. The second-order valence-corrected chi connectivity index (χ2v) is 12.3. The number of nitrogens with zero attached hydrogens (tertiary/aromatic N) is 3. The van der Waals surface area contributed by atoms with E-state index in [-0.39, 0.29) is 40.1 Å². The number of amides is 1. The van der Waals surface area contributed by atoms with Gasteiger partial charge in [-0.2, -0.15) is 4.31 Å². The van der Waals surface area contributed by atoms with E-state index in [4.69, 9.17) is 27.9 Å². The Morgan fingerprint density at radius 3 is 2.31 bits per heavy atom. The molecule has 0 bridgehead atoms. The average molecular weight is 605 g/mol. The van der Waals surface area contributed by atoms with E-state index < -0.39 is 10.0 Å². The van der Waals surface area contributed by atoms with Crippen molar-refractivity contribution in [3.63, 3.8) is 0 Å². The fourth-order valence-corrected chi connectivity index (χ4v) is 7.55. The summed E-state index contributed by atoms with van der Waals surface area (Å²) >= 11 is 15.8. The molecule has 2 fully saturated rings.